The minimum atomic E-state index is -0.437. The molecule has 0 N–H and O–H groups in total. The van der Waals surface area contributed by atoms with E-state index in [-0.39, 0.29) is 17.7 Å². The molecular formula is C15H22O4. The van der Waals surface area contributed by atoms with E-state index in [4.69, 9.17) is 14.2 Å². The first-order valence-electron chi connectivity index (χ1n) is 7.57. The van der Waals surface area contributed by atoms with E-state index in [2.05, 4.69) is 6.92 Å². The van der Waals surface area contributed by atoms with E-state index in [1.165, 1.54) is 39.2 Å². The van der Waals surface area contributed by atoms with Crippen LogP contribution in [0.25, 0.3) is 0 Å². The van der Waals surface area contributed by atoms with Crippen LogP contribution in [0.4, 0.5) is 0 Å². The van der Waals surface area contributed by atoms with Crippen molar-refractivity contribution in [2.75, 3.05) is 7.11 Å². The largest absolute Gasteiger partial charge is 0.469 e. The highest BCUT2D eigenvalue weighted by Gasteiger charge is 2.97. The SMILES string of the molecule is COC(=O)C1(C)CCC23OC2(O3)C1C1CCCCC1. The third-order valence-corrected chi connectivity index (χ3v) is 5.92. The first kappa shape index (κ1) is 12.2. The molecule has 0 radical (unpaired) electrons. The molecule has 0 bridgehead atoms. The normalized spacial score (nSPS) is 52.0. The van der Waals surface area contributed by atoms with Crippen LogP contribution in [0, 0.1) is 17.3 Å². The van der Waals surface area contributed by atoms with Gasteiger partial charge in [-0.1, -0.05) is 19.3 Å². The number of epoxide rings is 2. The molecule has 0 aromatic heterocycles. The van der Waals surface area contributed by atoms with Gasteiger partial charge >= 0.3 is 5.97 Å². The summed E-state index contributed by atoms with van der Waals surface area (Å²) in [6.45, 7) is 2.06. The smallest absolute Gasteiger partial charge is 0.312 e. The Balaban J connectivity index is 1.67. The lowest BCUT2D eigenvalue weighted by Gasteiger charge is -2.41. The molecule has 106 valence electrons. The second-order valence-electron chi connectivity index (χ2n) is 6.91. The molecule has 0 aromatic rings. The zero-order valence-corrected chi connectivity index (χ0v) is 11.7. The average molecular weight is 266 g/mol. The Labute approximate surface area is 113 Å². The molecule has 0 spiro atoms. The zero-order valence-electron chi connectivity index (χ0n) is 11.7. The summed E-state index contributed by atoms with van der Waals surface area (Å²) in [5.41, 5.74) is -0.437. The molecule has 0 amide bonds. The molecule has 2 aliphatic heterocycles. The fraction of sp³-hybridized carbons (Fsp3) is 0.933. The quantitative estimate of drug-likeness (QED) is 0.569. The van der Waals surface area contributed by atoms with Gasteiger partial charge in [-0.25, -0.2) is 0 Å². The molecule has 0 aromatic carbocycles. The van der Waals surface area contributed by atoms with Crippen molar-refractivity contribution in [3.8, 4) is 0 Å². The van der Waals surface area contributed by atoms with Crippen molar-refractivity contribution >= 4 is 5.97 Å². The van der Waals surface area contributed by atoms with E-state index in [9.17, 15) is 4.79 Å². The van der Waals surface area contributed by atoms with Gasteiger partial charge in [0.2, 0.25) is 11.6 Å². The Morgan fingerprint density at radius 1 is 1.16 bits per heavy atom. The second-order valence-corrected chi connectivity index (χ2v) is 6.91. The van der Waals surface area contributed by atoms with E-state index < -0.39 is 11.2 Å². The van der Waals surface area contributed by atoms with Gasteiger partial charge in [-0.05, 0) is 32.1 Å². The van der Waals surface area contributed by atoms with Gasteiger partial charge in [-0.15, -0.1) is 0 Å². The Morgan fingerprint density at radius 3 is 2.47 bits per heavy atom. The lowest BCUT2D eigenvalue weighted by atomic mass is 9.60. The van der Waals surface area contributed by atoms with Gasteiger partial charge in [0.15, 0.2) is 0 Å². The van der Waals surface area contributed by atoms with Crippen LogP contribution in [0.3, 0.4) is 0 Å². The number of ether oxygens (including phenoxy) is 3. The molecule has 2 atom stereocenters. The number of hydrogen-bond donors (Lipinski definition) is 0. The molecule has 2 aliphatic carbocycles. The van der Waals surface area contributed by atoms with E-state index in [0.29, 0.717) is 5.92 Å². The van der Waals surface area contributed by atoms with Crippen molar-refractivity contribution in [3.63, 3.8) is 0 Å². The number of esters is 1. The molecule has 4 nitrogen and oxygen atoms in total. The topological polar surface area (TPSA) is 51.4 Å². The van der Waals surface area contributed by atoms with E-state index in [1.807, 2.05) is 0 Å². The molecule has 19 heavy (non-hydrogen) atoms. The van der Waals surface area contributed by atoms with Crippen LogP contribution in [0.1, 0.15) is 51.9 Å². The highest BCUT2D eigenvalue weighted by molar-refractivity contribution is 5.77. The summed E-state index contributed by atoms with van der Waals surface area (Å²) in [7, 11) is 1.49. The summed E-state index contributed by atoms with van der Waals surface area (Å²) in [5.74, 6) is -0.0835. The van der Waals surface area contributed by atoms with Gasteiger partial charge in [0, 0.05) is 12.3 Å². The summed E-state index contributed by atoms with van der Waals surface area (Å²) < 4.78 is 16.8. The second kappa shape index (κ2) is 3.53. The maximum atomic E-state index is 12.3. The first-order valence-corrected chi connectivity index (χ1v) is 7.57. The number of carbonyl (C=O) groups excluding carboxylic acids is 1. The maximum absolute atomic E-state index is 12.3. The highest BCUT2D eigenvalue weighted by atomic mass is 17.0. The molecule has 4 rings (SSSR count). The Hall–Kier alpha value is -0.610. The standard InChI is InChI=1S/C15H22O4/c1-13(12(16)17-2)8-9-14-15(18-14,19-14)11(13)10-6-4-3-5-7-10/h10-11H,3-9H2,1-2H3. The van der Waals surface area contributed by atoms with Gasteiger partial charge < -0.3 is 14.2 Å². The van der Waals surface area contributed by atoms with Gasteiger partial charge in [0.05, 0.1) is 12.5 Å². The van der Waals surface area contributed by atoms with Crippen molar-refractivity contribution in [1.82, 2.24) is 0 Å². The Morgan fingerprint density at radius 2 is 1.84 bits per heavy atom. The van der Waals surface area contributed by atoms with Gasteiger partial charge in [-0.2, -0.15) is 0 Å². The third-order valence-electron chi connectivity index (χ3n) is 5.92. The number of methoxy groups -OCH3 is 1. The Bertz CT molecular complexity index is 420. The molecule has 2 unspecified atom stereocenters. The molecule has 2 saturated heterocycles. The monoisotopic (exact) mass is 266 g/mol. The number of rotatable bonds is 2. The maximum Gasteiger partial charge on any atom is 0.312 e. The van der Waals surface area contributed by atoms with Crippen LogP contribution in [0.5, 0.6) is 0 Å². The Kier molecular flexibility index (Phi) is 2.26. The first-order chi connectivity index (χ1) is 9.08. The molecule has 2 heterocycles. The molecule has 4 heteroatoms. The van der Waals surface area contributed by atoms with Crippen molar-refractivity contribution in [2.45, 2.75) is 63.4 Å². The third kappa shape index (κ3) is 1.34. The molecular weight excluding hydrogens is 244 g/mol. The predicted octanol–water partition coefficient (Wildman–Crippen LogP) is 2.61. The van der Waals surface area contributed by atoms with Crippen LogP contribution >= 0.6 is 0 Å². The zero-order chi connectivity index (χ0) is 13.3. The fourth-order valence-electron chi connectivity index (χ4n) is 4.85. The van der Waals surface area contributed by atoms with Gasteiger partial charge in [0.1, 0.15) is 0 Å². The lowest BCUT2D eigenvalue weighted by molar-refractivity contribution is -0.169. The average Bonchev–Trinajstić information content (AvgIpc) is 3.25. The van der Waals surface area contributed by atoms with E-state index >= 15 is 0 Å². The fourth-order valence-corrected chi connectivity index (χ4v) is 4.85. The van der Waals surface area contributed by atoms with Gasteiger partial charge in [0.25, 0.3) is 0 Å². The van der Waals surface area contributed by atoms with E-state index in [1.54, 1.807) is 0 Å². The highest BCUT2D eigenvalue weighted by Crippen LogP contribution is 2.80. The summed E-state index contributed by atoms with van der Waals surface area (Å²) in [6.07, 6.45) is 7.90. The van der Waals surface area contributed by atoms with Crippen molar-refractivity contribution in [3.05, 3.63) is 0 Å². The number of hydrogen-bond acceptors (Lipinski definition) is 4. The molecule has 4 fully saturated rings. The minimum absolute atomic E-state index is 0.0861. The summed E-state index contributed by atoms with van der Waals surface area (Å²) in [5, 5.41) is 0. The van der Waals surface area contributed by atoms with Gasteiger partial charge in [-0.3, -0.25) is 4.79 Å². The molecule has 4 aliphatic rings. The van der Waals surface area contributed by atoms with Crippen LogP contribution < -0.4 is 0 Å². The van der Waals surface area contributed by atoms with Crippen molar-refractivity contribution in [2.24, 2.45) is 17.3 Å². The van der Waals surface area contributed by atoms with Crippen molar-refractivity contribution < 1.29 is 19.0 Å². The van der Waals surface area contributed by atoms with Crippen LogP contribution in [0.2, 0.25) is 0 Å². The summed E-state index contributed by atoms with van der Waals surface area (Å²) >= 11 is 0. The molecule has 2 saturated carbocycles. The van der Waals surface area contributed by atoms with Crippen LogP contribution in [-0.4, -0.2) is 24.7 Å². The van der Waals surface area contributed by atoms with Crippen LogP contribution in [0.15, 0.2) is 0 Å². The minimum Gasteiger partial charge on any atom is -0.469 e. The van der Waals surface area contributed by atoms with Crippen LogP contribution in [-0.2, 0) is 19.0 Å². The summed E-state index contributed by atoms with van der Waals surface area (Å²) in [6, 6.07) is 0. The van der Waals surface area contributed by atoms with E-state index in [0.717, 1.165) is 12.8 Å². The predicted molar refractivity (Wildman–Crippen MR) is 67.1 cm³/mol. The lowest BCUT2D eigenvalue weighted by Crippen LogP contribution is -2.47. The number of carbonyl (C=O) groups is 1. The van der Waals surface area contributed by atoms with Crippen molar-refractivity contribution in [1.29, 1.82) is 0 Å². The summed E-state index contributed by atoms with van der Waals surface area (Å²) in [4.78, 5) is 12.3.